The largest absolute Gasteiger partial charge is 0.384 e. The number of halogens is 3. The maximum atomic E-state index is 11.5. The van der Waals surface area contributed by atoms with Gasteiger partial charge in [0.15, 0.2) is 19.7 Å². The van der Waals surface area contributed by atoms with E-state index < -0.39 is 25.8 Å². The molecular weight excluding hydrogens is 639 g/mol. The molecule has 9 nitrogen and oxygen atoms in total. The van der Waals surface area contributed by atoms with Crippen LogP contribution in [0.25, 0.3) is 0 Å². The van der Waals surface area contributed by atoms with Gasteiger partial charge >= 0.3 is 0 Å². The molecule has 0 bridgehead atoms. The van der Waals surface area contributed by atoms with E-state index in [1.54, 1.807) is 42.7 Å². The molecule has 0 fully saturated rings. The van der Waals surface area contributed by atoms with Crippen LogP contribution < -0.4 is 0 Å². The van der Waals surface area contributed by atoms with E-state index in [2.05, 4.69) is 35.9 Å². The van der Waals surface area contributed by atoms with Gasteiger partial charge in [-0.2, -0.15) is 0 Å². The molecule has 4 aromatic rings. The zero-order chi connectivity index (χ0) is 28.5. The molecule has 0 saturated carbocycles. The summed E-state index contributed by atoms with van der Waals surface area (Å²) in [7, 11) is -6.34. The summed E-state index contributed by atoms with van der Waals surface area (Å²) in [6.07, 6.45) is 7.30. The molecule has 2 heterocycles. The molecule has 1 atom stereocenters. The van der Waals surface area contributed by atoms with Crippen LogP contribution in [0.5, 0.6) is 0 Å². The first-order valence-electron chi connectivity index (χ1n) is 10.5. The van der Waals surface area contributed by atoms with Crippen molar-refractivity contribution in [3.63, 3.8) is 0 Å². The highest BCUT2D eigenvalue weighted by Gasteiger charge is 2.14. The lowest BCUT2D eigenvalue weighted by atomic mass is 10.0. The van der Waals surface area contributed by atoms with E-state index in [4.69, 9.17) is 23.2 Å². The normalized spacial score (nSPS) is 11.9. The molecule has 0 aliphatic carbocycles. The Morgan fingerprint density at radius 2 is 1.18 bits per heavy atom. The van der Waals surface area contributed by atoms with Crippen molar-refractivity contribution < 1.29 is 21.9 Å². The third-order valence-electron chi connectivity index (χ3n) is 4.56. The number of aliphatic hydroxyl groups is 1. The number of sulfone groups is 2. The molecule has 4 rings (SSSR count). The molecule has 14 heteroatoms. The van der Waals surface area contributed by atoms with Gasteiger partial charge in [-0.3, -0.25) is 0 Å². The van der Waals surface area contributed by atoms with E-state index in [0.29, 0.717) is 16.0 Å². The Hall–Kier alpha value is -2.48. The number of hydrogen-bond donors (Lipinski definition) is 1. The molecule has 1 N–H and O–H groups in total. The van der Waals surface area contributed by atoms with Crippen LogP contribution >= 0.6 is 39.1 Å². The quantitative estimate of drug-likeness (QED) is 0.302. The molecule has 0 saturated heterocycles. The summed E-state index contributed by atoms with van der Waals surface area (Å²) in [5.74, 6) is 0. The summed E-state index contributed by atoms with van der Waals surface area (Å²) < 4.78 is 45.7. The maximum absolute atomic E-state index is 11.5. The fourth-order valence-corrected chi connectivity index (χ4v) is 4.52. The summed E-state index contributed by atoms with van der Waals surface area (Å²) >= 11 is 14.1. The Balaban J connectivity index is 0.000000224. The van der Waals surface area contributed by atoms with Crippen molar-refractivity contribution in [3.05, 3.63) is 105 Å². The van der Waals surface area contributed by atoms with Gasteiger partial charge in [-0.1, -0.05) is 24.3 Å². The summed E-state index contributed by atoms with van der Waals surface area (Å²) in [4.78, 5) is 15.5. The fraction of sp³-hybridized carbons (Fsp3) is 0.167. The van der Waals surface area contributed by atoms with Gasteiger partial charge in [-0.05, 0) is 81.4 Å². The van der Waals surface area contributed by atoms with Crippen LogP contribution in [-0.4, -0.2) is 54.4 Å². The second-order valence-corrected chi connectivity index (χ2v) is 13.4. The van der Waals surface area contributed by atoms with E-state index in [1.165, 1.54) is 30.8 Å². The minimum Gasteiger partial charge on any atom is -0.384 e. The Bertz CT molecular complexity index is 1550. The van der Waals surface area contributed by atoms with Crippen molar-refractivity contribution >= 4 is 58.8 Å². The van der Waals surface area contributed by atoms with Crippen molar-refractivity contribution in [2.75, 3.05) is 12.5 Å². The lowest BCUT2D eigenvalue weighted by Gasteiger charge is -2.11. The summed E-state index contributed by atoms with van der Waals surface area (Å²) in [5, 5.41) is 10.5. The molecule has 0 aliphatic heterocycles. The summed E-state index contributed by atoms with van der Waals surface area (Å²) in [6.45, 7) is 1.87. The van der Waals surface area contributed by atoms with Gasteiger partial charge in [0.05, 0.1) is 14.3 Å². The average Bonchev–Trinajstić information content (AvgIpc) is 2.86. The molecule has 2 aromatic heterocycles. The molecule has 38 heavy (non-hydrogen) atoms. The van der Waals surface area contributed by atoms with Gasteiger partial charge in [0.2, 0.25) is 10.6 Å². The number of aryl methyl sites for hydroxylation is 1. The number of benzene rings is 2. The number of rotatable bonds is 4. The average molecular weight is 662 g/mol. The highest BCUT2D eigenvalue weighted by molar-refractivity contribution is 9.10. The lowest BCUT2D eigenvalue weighted by molar-refractivity contribution is 0.219. The monoisotopic (exact) mass is 660 g/mol. The molecule has 1 unspecified atom stereocenters. The van der Waals surface area contributed by atoms with Crippen LogP contribution in [0.2, 0.25) is 10.6 Å². The second kappa shape index (κ2) is 14.1. The molecular formula is C24H23BrCl2N4O5S2. The number of nitrogens with zero attached hydrogens (tertiary/aromatic N) is 4. The summed E-state index contributed by atoms with van der Waals surface area (Å²) in [6, 6.07) is 13.0. The third-order valence-corrected chi connectivity index (χ3v) is 7.58. The second-order valence-electron chi connectivity index (χ2n) is 7.79. The molecule has 202 valence electrons. The van der Waals surface area contributed by atoms with Gasteiger partial charge in [0, 0.05) is 42.9 Å². The van der Waals surface area contributed by atoms with Crippen molar-refractivity contribution in [3.8, 4) is 0 Å². The zero-order valence-corrected chi connectivity index (χ0v) is 25.1. The fourth-order valence-electron chi connectivity index (χ4n) is 2.71. The van der Waals surface area contributed by atoms with E-state index in [9.17, 15) is 21.9 Å². The highest BCUT2D eigenvalue weighted by atomic mass is 79.9. The first kappa shape index (κ1) is 31.7. The van der Waals surface area contributed by atoms with Crippen LogP contribution in [0.1, 0.15) is 22.8 Å². The standard InChI is InChI=1S/C12H11ClN2O3S.C8H10O2S.C4H2BrClN2/c1-19(17,18)10-4-2-3-8(5-10)11(16)9-6-14-12(13)15-7-9;1-7-4-3-5-8(6-7)11(2,9)10;5-3-1-7-4(6)8-2-3/h2-7,11,16H,1H3;3-6H,1-2H3;1-2H. The Labute approximate surface area is 239 Å². The topological polar surface area (TPSA) is 140 Å². The van der Waals surface area contributed by atoms with Gasteiger partial charge in [-0.25, -0.2) is 36.8 Å². The highest BCUT2D eigenvalue weighted by Crippen LogP contribution is 2.23. The summed E-state index contributed by atoms with van der Waals surface area (Å²) in [5.41, 5.74) is 1.86. The first-order valence-corrected chi connectivity index (χ1v) is 15.9. The minimum absolute atomic E-state index is 0.0841. The first-order chi connectivity index (χ1) is 17.7. The Kier molecular flexibility index (Phi) is 11.7. The Morgan fingerprint density at radius 3 is 1.61 bits per heavy atom. The SMILES string of the molecule is CS(=O)(=O)c1cccc(C(O)c2cnc(Cl)nc2)c1.Cc1cccc(S(C)(=O)=O)c1.Clc1ncc(Br)cn1. The Morgan fingerprint density at radius 1 is 0.737 bits per heavy atom. The van der Waals surface area contributed by atoms with E-state index in [1.807, 2.05) is 13.0 Å². The minimum atomic E-state index is -3.31. The van der Waals surface area contributed by atoms with Crippen LogP contribution in [-0.2, 0) is 19.7 Å². The van der Waals surface area contributed by atoms with Crippen molar-refractivity contribution in [1.82, 2.24) is 19.9 Å². The van der Waals surface area contributed by atoms with Gasteiger partial charge in [0.1, 0.15) is 6.10 Å². The van der Waals surface area contributed by atoms with Crippen molar-refractivity contribution in [2.45, 2.75) is 22.8 Å². The van der Waals surface area contributed by atoms with Crippen LogP contribution in [0, 0.1) is 6.92 Å². The van der Waals surface area contributed by atoms with Gasteiger partial charge in [0.25, 0.3) is 0 Å². The van der Waals surface area contributed by atoms with Crippen LogP contribution in [0.3, 0.4) is 0 Å². The number of hydrogen-bond acceptors (Lipinski definition) is 9. The molecule has 0 spiro atoms. The molecule has 0 radical (unpaired) electrons. The van der Waals surface area contributed by atoms with Crippen LogP contribution in [0.15, 0.2) is 87.6 Å². The third kappa shape index (κ3) is 10.7. The van der Waals surface area contributed by atoms with E-state index in [0.717, 1.165) is 16.3 Å². The smallest absolute Gasteiger partial charge is 0.222 e. The van der Waals surface area contributed by atoms with E-state index >= 15 is 0 Å². The van der Waals surface area contributed by atoms with Gasteiger partial charge < -0.3 is 5.11 Å². The predicted octanol–water partition coefficient (Wildman–Crippen LogP) is 4.91. The maximum Gasteiger partial charge on any atom is 0.222 e. The number of aliphatic hydroxyl groups excluding tert-OH is 1. The number of aromatic nitrogens is 4. The van der Waals surface area contributed by atoms with Gasteiger partial charge in [-0.15, -0.1) is 0 Å². The lowest BCUT2D eigenvalue weighted by Crippen LogP contribution is -2.04. The molecule has 0 amide bonds. The molecule has 0 aliphatic rings. The zero-order valence-electron chi connectivity index (χ0n) is 20.3. The van der Waals surface area contributed by atoms with E-state index in [-0.39, 0.29) is 15.5 Å². The van der Waals surface area contributed by atoms with Crippen molar-refractivity contribution in [1.29, 1.82) is 0 Å². The predicted molar refractivity (Wildman–Crippen MR) is 150 cm³/mol. The molecule has 2 aromatic carbocycles. The van der Waals surface area contributed by atoms with Crippen LogP contribution in [0.4, 0.5) is 0 Å². The van der Waals surface area contributed by atoms with Crippen molar-refractivity contribution in [2.24, 2.45) is 0 Å².